The molecule has 0 aromatic heterocycles. The Kier molecular flexibility index (Phi) is 4.49. The molecule has 1 atom stereocenters. The topological polar surface area (TPSA) is 0 Å². The van der Waals surface area contributed by atoms with E-state index in [9.17, 15) is 22.0 Å². The fourth-order valence-electron chi connectivity index (χ4n) is 0.600. The van der Waals surface area contributed by atoms with Crippen LogP contribution in [0.25, 0.3) is 0 Å². The van der Waals surface area contributed by atoms with E-state index < -0.39 is 37.8 Å². The number of alkyl halides is 5. The van der Waals surface area contributed by atoms with Crippen LogP contribution in [0.3, 0.4) is 0 Å². The minimum atomic E-state index is -3.18. The van der Waals surface area contributed by atoms with Gasteiger partial charge in [-0.3, -0.25) is 0 Å². The zero-order valence-electron chi connectivity index (χ0n) is 6.37. The number of hydrogen-bond donors (Lipinski definition) is 0. The Bertz CT molecular complexity index is 123. The SMILES string of the molecule is [CH2]CC(F)(F)CC[C@H](F)C(F)F. The first-order valence-corrected chi connectivity index (χ1v) is 3.48. The molecular weight excluding hydrogens is 179 g/mol. The van der Waals surface area contributed by atoms with Gasteiger partial charge < -0.3 is 0 Å². The van der Waals surface area contributed by atoms with E-state index >= 15 is 0 Å². The van der Waals surface area contributed by atoms with Crippen molar-refractivity contribution in [2.75, 3.05) is 0 Å². The Morgan fingerprint density at radius 2 is 1.67 bits per heavy atom. The lowest BCUT2D eigenvalue weighted by Crippen LogP contribution is -2.20. The summed E-state index contributed by atoms with van der Waals surface area (Å²) in [6.45, 7) is 2.92. The van der Waals surface area contributed by atoms with Crippen LogP contribution in [0.2, 0.25) is 0 Å². The van der Waals surface area contributed by atoms with Gasteiger partial charge in [-0.25, -0.2) is 22.0 Å². The van der Waals surface area contributed by atoms with Crippen molar-refractivity contribution in [2.45, 2.75) is 37.8 Å². The number of hydrogen-bond acceptors (Lipinski definition) is 0. The fraction of sp³-hybridized carbons (Fsp3) is 0.857. The Morgan fingerprint density at radius 1 is 1.17 bits per heavy atom. The van der Waals surface area contributed by atoms with Crippen molar-refractivity contribution in [1.29, 1.82) is 0 Å². The van der Waals surface area contributed by atoms with E-state index in [1.165, 1.54) is 0 Å². The molecule has 0 amide bonds. The molecule has 1 radical (unpaired) electrons. The molecule has 0 rings (SSSR count). The van der Waals surface area contributed by atoms with E-state index in [0.29, 0.717) is 0 Å². The molecule has 0 aromatic carbocycles. The molecule has 0 aliphatic heterocycles. The molecule has 0 aliphatic carbocycles. The maximum atomic E-state index is 12.3. The third-order valence-electron chi connectivity index (χ3n) is 1.43. The van der Waals surface area contributed by atoms with Crippen LogP contribution in [0.15, 0.2) is 0 Å². The van der Waals surface area contributed by atoms with E-state index in [4.69, 9.17) is 0 Å². The summed E-state index contributed by atoms with van der Waals surface area (Å²) < 4.78 is 59.6. The van der Waals surface area contributed by atoms with Crippen molar-refractivity contribution in [3.63, 3.8) is 0 Å². The van der Waals surface area contributed by atoms with E-state index in [2.05, 4.69) is 6.92 Å². The normalized spacial score (nSPS) is 15.2. The minimum absolute atomic E-state index is 0.692. The summed E-state index contributed by atoms with van der Waals surface area (Å²) in [5, 5.41) is 0. The standard InChI is InChI=1S/C7H10F5/c1-2-7(11,12)4-3-5(8)6(9)10/h5-6H,1-4H2/t5-/m0/s1. The molecule has 0 N–H and O–H groups in total. The number of halogens is 5. The summed E-state index contributed by atoms with van der Waals surface area (Å²) in [5.41, 5.74) is 0. The van der Waals surface area contributed by atoms with Gasteiger partial charge in [0.1, 0.15) is 0 Å². The molecule has 0 unspecified atom stereocenters. The van der Waals surface area contributed by atoms with Crippen molar-refractivity contribution in [1.82, 2.24) is 0 Å². The highest BCUT2D eigenvalue weighted by Crippen LogP contribution is 2.26. The average molecular weight is 189 g/mol. The molecule has 0 fully saturated rings. The van der Waals surface area contributed by atoms with E-state index in [0.717, 1.165) is 0 Å². The molecule has 5 heteroatoms. The van der Waals surface area contributed by atoms with Gasteiger partial charge in [0, 0.05) is 12.8 Å². The van der Waals surface area contributed by atoms with Crippen LogP contribution in [0.5, 0.6) is 0 Å². The van der Waals surface area contributed by atoms with Crippen LogP contribution in [0, 0.1) is 6.92 Å². The Hall–Kier alpha value is -0.350. The summed E-state index contributed by atoms with van der Waals surface area (Å²) in [4.78, 5) is 0. The molecule has 0 aromatic rings. The monoisotopic (exact) mass is 189 g/mol. The van der Waals surface area contributed by atoms with Gasteiger partial charge >= 0.3 is 0 Å². The molecule has 0 nitrogen and oxygen atoms in total. The molecule has 0 heterocycles. The van der Waals surface area contributed by atoms with E-state index in [-0.39, 0.29) is 0 Å². The molecule has 73 valence electrons. The van der Waals surface area contributed by atoms with Crippen LogP contribution < -0.4 is 0 Å². The molecule has 0 saturated heterocycles. The maximum absolute atomic E-state index is 12.3. The molecule has 0 aliphatic rings. The Morgan fingerprint density at radius 3 is 2.00 bits per heavy atom. The van der Waals surface area contributed by atoms with E-state index in [1.54, 1.807) is 0 Å². The highest BCUT2D eigenvalue weighted by atomic mass is 19.3. The van der Waals surface area contributed by atoms with Gasteiger partial charge in [0.15, 0.2) is 6.17 Å². The highest BCUT2D eigenvalue weighted by Gasteiger charge is 2.29. The largest absolute Gasteiger partial charge is 0.269 e. The quantitative estimate of drug-likeness (QED) is 0.582. The first kappa shape index (κ1) is 11.6. The summed E-state index contributed by atoms with van der Waals surface area (Å²) in [6.07, 6.45) is -8.02. The van der Waals surface area contributed by atoms with Crippen LogP contribution in [0.4, 0.5) is 22.0 Å². The van der Waals surface area contributed by atoms with Gasteiger partial charge in [-0.2, -0.15) is 0 Å². The van der Waals surface area contributed by atoms with Crippen LogP contribution >= 0.6 is 0 Å². The lowest BCUT2D eigenvalue weighted by atomic mass is 10.1. The van der Waals surface area contributed by atoms with Gasteiger partial charge in [0.05, 0.1) is 0 Å². The van der Waals surface area contributed by atoms with Crippen molar-refractivity contribution >= 4 is 0 Å². The van der Waals surface area contributed by atoms with Crippen LogP contribution in [0.1, 0.15) is 19.3 Å². The summed E-state index contributed by atoms with van der Waals surface area (Å²) in [5.74, 6) is -3.13. The second-order valence-corrected chi connectivity index (χ2v) is 2.50. The molecule has 0 spiro atoms. The number of rotatable bonds is 5. The molecular formula is C7H10F5. The third kappa shape index (κ3) is 4.51. The summed E-state index contributed by atoms with van der Waals surface area (Å²) in [6, 6.07) is 0. The molecule has 12 heavy (non-hydrogen) atoms. The lowest BCUT2D eigenvalue weighted by Gasteiger charge is -2.14. The fourth-order valence-corrected chi connectivity index (χ4v) is 0.600. The third-order valence-corrected chi connectivity index (χ3v) is 1.43. The first-order valence-electron chi connectivity index (χ1n) is 3.48. The van der Waals surface area contributed by atoms with Crippen molar-refractivity contribution < 1.29 is 22.0 Å². The van der Waals surface area contributed by atoms with Crippen LogP contribution in [-0.2, 0) is 0 Å². The first-order chi connectivity index (χ1) is 5.39. The average Bonchev–Trinajstić information content (AvgIpc) is 2.00. The second-order valence-electron chi connectivity index (χ2n) is 2.50. The Labute approximate surface area is 67.8 Å². The van der Waals surface area contributed by atoms with Crippen LogP contribution in [-0.4, -0.2) is 18.5 Å². The van der Waals surface area contributed by atoms with Gasteiger partial charge in [-0.05, 0) is 13.3 Å². The predicted octanol–water partition coefficient (Wildman–Crippen LogP) is 3.23. The zero-order valence-corrected chi connectivity index (χ0v) is 6.37. The summed E-state index contributed by atoms with van der Waals surface area (Å²) >= 11 is 0. The van der Waals surface area contributed by atoms with Crippen molar-refractivity contribution in [3.05, 3.63) is 6.92 Å². The van der Waals surface area contributed by atoms with E-state index in [1.807, 2.05) is 0 Å². The maximum Gasteiger partial charge on any atom is 0.269 e. The molecule has 0 saturated carbocycles. The van der Waals surface area contributed by atoms with Gasteiger partial charge in [-0.1, -0.05) is 0 Å². The zero-order chi connectivity index (χ0) is 9.78. The second kappa shape index (κ2) is 4.62. The predicted molar refractivity (Wildman–Crippen MR) is 35.1 cm³/mol. The van der Waals surface area contributed by atoms with Crippen molar-refractivity contribution in [2.24, 2.45) is 0 Å². The molecule has 0 bridgehead atoms. The van der Waals surface area contributed by atoms with Gasteiger partial charge in [0.25, 0.3) is 6.43 Å². The highest BCUT2D eigenvalue weighted by molar-refractivity contribution is 4.70. The smallest absolute Gasteiger partial charge is 0.241 e. The van der Waals surface area contributed by atoms with Crippen molar-refractivity contribution in [3.8, 4) is 0 Å². The minimum Gasteiger partial charge on any atom is -0.241 e. The lowest BCUT2D eigenvalue weighted by molar-refractivity contribution is -0.0271. The Balaban J connectivity index is 3.67. The van der Waals surface area contributed by atoms with Gasteiger partial charge in [0.2, 0.25) is 5.92 Å². The summed E-state index contributed by atoms with van der Waals surface area (Å²) in [7, 11) is 0. The van der Waals surface area contributed by atoms with Gasteiger partial charge in [-0.15, -0.1) is 0 Å².